The predicted molar refractivity (Wildman–Crippen MR) is 112 cm³/mol. The summed E-state index contributed by atoms with van der Waals surface area (Å²) in [6.07, 6.45) is 12.0. The topological polar surface area (TPSA) is 18.0 Å². The third-order valence-electron chi connectivity index (χ3n) is 5.39. The first-order valence-corrected chi connectivity index (χ1v) is 10.3. The van der Waals surface area contributed by atoms with Crippen LogP contribution in [0.3, 0.4) is 0 Å². The van der Waals surface area contributed by atoms with Crippen LogP contribution in [0.5, 0.6) is 5.75 Å². The molecule has 3 heteroatoms. The molecule has 0 atom stereocenters. The maximum Gasteiger partial charge on any atom is 0.253 e. The highest BCUT2D eigenvalue weighted by atomic mass is 16.5. The quantitative estimate of drug-likeness (QED) is 0.340. The molecule has 0 aliphatic rings. The van der Waals surface area contributed by atoms with E-state index in [1.807, 2.05) is 0 Å². The average molecular weight is 366 g/mol. The number of nitrogens with zero attached hydrogens (tertiary/aromatic N) is 2. The monoisotopic (exact) mass is 365 g/mol. The van der Waals surface area contributed by atoms with E-state index >= 15 is 0 Å². The Labute approximate surface area is 163 Å². The van der Waals surface area contributed by atoms with Crippen molar-refractivity contribution in [3.8, 4) is 5.75 Å². The lowest BCUT2D eigenvalue weighted by Gasteiger charge is -2.08. The Balaban J connectivity index is 1.56. The van der Waals surface area contributed by atoms with E-state index in [1.54, 1.807) is 0 Å². The van der Waals surface area contributed by atoms with Crippen LogP contribution in [-0.4, -0.2) is 11.2 Å². The summed E-state index contributed by atoms with van der Waals surface area (Å²) in [7, 11) is 2.08. The zero-order chi connectivity index (χ0) is 19.1. The lowest BCUT2D eigenvalue weighted by Crippen LogP contribution is -2.29. The number of fused-ring (bicyclic) bond motifs is 1. The molecule has 3 aromatic rings. The molecule has 0 bridgehead atoms. The SMILES string of the molecule is CCCCCCCCOc1ccc2cc(Cn3cc[n+](C)c3C)ccc2c1. The summed E-state index contributed by atoms with van der Waals surface area (Å²) < 4.78 is 10.4. The van der Waals surface area contributed by atoms with Gasteiger partial charge < -0.3 is 4.74 Å². The van der Waals surface area contributed by atoms with E-state index in [9.17, 15) is 0 Å². The molecule has 0 amide bonds. The van der Waals surface area contributed by atoms with Crippen LogP contribution in [0.1, 0.15) is 56.8 Å². The first kappa shape index (κ1) is 19.5. The molecule has 0 aliphatic carbocycles. The Morgan fingerprint density at radius 1 is 0.926 bits per heavy atom. The van der Waals surface area contributed by atoms with Gasteiger partial charge in [-0.05, 0) is 41.0 Å². The Hall–Kier alpha value is -2.29. The molecule has 2 aromatic carbocycles. The number of hydrogen-bond donors (Lipinski definition) is 0. The van der Waals surface area contributed by atoms with Gasteiger partial charge in [0.1, 0.15) is 24.7 Å². The highest BCUT2D eigenvalue weighted by molar-refractivity contribution is 5.84. The van der Waals surface area contributed by atoms with Crippen LogP contribution in [0, 0.1) is 6.92 Å². The summed E-state index contributed by atoms with van der Waals surface area (Å²) in [6, 6.07) is 13.2. The van der Waals surface area contributed by atoms with Crippen LogP contribution in [0.4, 0.5) is 0 Å². The summed E-state index contributed by atoms with van der Waals surface area (Å²) in [5.74, 6) is 2.24. The van der Waals surface area contributed by atoms with Crippen LogP contribution in [-0.2, 0) is 13.6 Å². The first-order valence-electron chi connectivity index (χ1n) is 10.3. The number of aromatic nitrogens is 2. The zero-order valence-electron chi connectivity index (χ0n) is 17.1. The Morgan fingerprint density at radius 2 is 1.67 bits per heavy atom. The fraction of sp³-hybridized carbons (Fsp3) is 0.458. The number of rotatable bonds is 10. The molecule has 0 saturated heterocycles. The molecule has 27 heavy (non-hydrogen) atoms. The number of benzene rings is 2. The second kappa shape index (κ2) is 9.59. The van der Waals surface area contributed by atoms with E-state index in [2.05, 4.69) is 78.8 Å². The fourth-order valence-corrected chi connectivity index (χ4v) is 3.50. The standard InChI is InChI=1S/C24H33N2O/c1-4-5-6-7-8-9-16-27-24-13-12-22-17-21(10-11-23(22)18-24)19-26-15-14-25(3)20(26)2/h10-15,17-18H,4-9,16,19H2,1-3H3/q+1. The van der Waals surface area contributed by atoms with Gasteiger partial charge in [0.25, 0.3) is 5.82 Å². The molecule has 0 aliphatic heterocycles. The Bertz CT molecular complexity index is 866. The van der Waals surface area contributed by atoms with Gasteiger partial charge in [0.2, 0.25) is 0 Å². The molecule has 0 saturated carbocycles. The van der Waals surface area contributed by atoms with Gasteiger partial charge in [0.05, 0.1) is 13.7 Å². The van der Waals surface area contributed by atoms with Crippen molar-refractivity contribution in [2.75, 3.05) is 6.61 Å². The highest BCUT2D eigenvalue weighted by Gasteiger charge is 2.09. The van der Waals surface area contributed by atoms with Crippen molar-refractivity contribution in [1.29, 1.82) is 0 Å². The lowest BCUT2D eigenvalue weighted by atomic mass is 10.1. The van der Waals surface area contributed by atoms with Crippen LogP contribution >= 0.6 is 0 Å². The lowest BCUT2D eigenvalue weighted by molar-refractivity contribution is -0.677. The largest absolute Gasteiger partial charge is 0.494 e. The van der Waals surface area contributed by atoms with E-state index in [-0.39, 0.29) is 0 Å². The van der Waals surface area contributed by atoms with E-state index in [4.69, 9.17) is 4.74 Å². The number of imidazole rings is 1. The number of aryl methyl sites for hydroxylation is 1. The van der Waals surface area contributed by atoms with E-state index in [0.29, 0.717) is 0 Å². The summed E-state index contributed by atoms with van der Waals surface area (Å²) in [6.45, 7) is 6.13. The van der Waals surface area contributed by atoms with Gasteiger partial charge in [-0.2, -0.15) is 0 Å². The number of unbranched alkanes of at least 4 members (excludes halogenated alkanes) is 5. The molecule has 1 aromatic heterocycles. The minimum Gasteiger partial charge on any atom is -0.494 e. The molecule has 1 heterocycles. The molecule has 3 nitrogen and oxygen atoms in total. The smallest absolute Gasteiger partial charge is 0.253 e. The van der Waals surface area contributed by atoms with Crippen molar-refractivity contribution in [3.05, 3.63) is 60.2 Å². The number of hydrogen-bond acceptors (Lipinski definition) is 1. The second-order valence-corrected chi connectivity index (χ2v) is 7.54. The van der Waals surface area contributed by atoms with Gasteiger partial charge in [-0.15, -0.1) is 0 Å². The molecule has 0 fully saturated rings. The molecule has 0 radical (unpaired) electrons. The molecule has 0 unspecified atom stereocenters. The predicted octanol–water partition coefficient (Wildman–Crippen LogP) is 5.56. The van der Waals surface area contributed by atoms with Gasteiger partial charge in [-0.1, -0.05) is 57.2 Å². The van der Waals surface area contributed by atoms with E-state index in [0.717, 1.165) is 25.3 Å². The minimum absolute atomic E-state index is 0.819. The highest BCUT2D eigenvalue weighted by Crippen LogP contribution is 2.23. The summed E-state index contributed by atoms with van der Waals surface area (Å²) in [5, 5.41) is 2.52. The third kappa shape index (κ3) is 5.35. The summed E-state index contributed by atoms with van der Waals surface area (Å²) in [4.78, 5) is 0. The van der Waals surface area contributed by atoms with Crippen molar-refractivity contribution in [2.24, 2.45) is 7.05 Å². The fourth-order valence-electron chi connectivity index (χ4n) is 3.50. The van der Waals surface area contributed by atoms with Crippen LogP contribution in [0.15, 0.2) is 48.8 Å². The molecule has 0 spiro atoms. The van der Waals surface area contributed by atoms with Crippen LogP contribution < -0.4 is 9.30 Å². The first-order chi connectivity index (χ1) is 13.2. The molecule has 3 rings (SSSR count). The van der Waals surface area contributed by atoms with Gasteiger partial charge >= 0.3 is 0 Å². The second-order valence-electron chi connectivity index (χ2n) is 7.54. The summed E-state index contributed by atoms with van der Waals surface area (Å²) >= 11 is 0. The molecule has 0 N–H and O–H groups in total. The zero-order valence-corrected chi connectivity index (χ0v) is 17.1. The Morgan fingerprint density at radius 3 is 2.44 bits per heavy atom. The normalized spacial score (nSPS) is 11.2. The average Bonchev–Trinajstić information content (AvgIpc) is 2.99. The van der Waals surface area contributed by atoms with Crippen LogP contribution in [0.2, 0.25) is 0 Å². The maximum absolute atomic E-state index is 5.96. The van der Waals surface area contributed by atoms with Gasteiger partial charge in [-0.25, -0.2) is 9.13 Å². The Kier molecular flexibility index (Phi) is 6.92. The number of ether oxygens (including phenoxy) is 1. The maximum atomic E-state index is 5.96. The van der Waals surface area contributed by atoms with Gasteiger partial charge in [0, 0.05) is 6.92 Å². The van der Waals surface area contributed by atoms with Crippen molar-refractivity contribution in [2.45, 2.75) is 58.9 Å². The van der Waals surface area contributed by atoms with E-state index in [1.165, 1.54) is 54.3 Å². The van der Waals surface area contributed by atoms with Crippen molar-refractivity contribution < 1.29 is 9.30 Å². The summed E-state index contributed by atoms with van der Waals surface area (Å²) in [5.41, 5.74) is 1.32. The van der Waals surface area contributed by atoms with Gasteiger partial charge in [-0.3, -0.25) is 0 Å². The third-order valence-corrected chi connectivity index (χ3v) is 5.39. The van der Waals surface area contributed by atoms with Gasteiger partial charge in [0.15, 0.2) is 0 Å². The molecule has 144 valence electrons. The minimum atomic E-state index is 0.819. The van der Waals surface area contributed by atoms with Crippen molar-refractivity contribution in [1.82, 2.24) is 4.57 Å². The van der Waals surface area contributed by atoms with Crippen molar-refractivity contribution >= 4 is 10.8 Å². The van der Waals surface area contributed by atoms with E-state index < -0.39 is 0 Å². The van der Waals surface area contributed by atoms with Crippen LogP contribution in [0.25, 0.3) is 10.8 Å². The molecular formula is C24H33N2O+. The van der Waals surface area contributed by atoms with Crippen molar-refractivity contribution in [3.63, 3.8) is 0 Å². The molecular weight excluding hydrogens is 332 g/mol.